The van der Waals surface area contributed by atoms with Crippen LogP contribution in [0, 0.1) is 12.8 Å². The lowest BCUT2D eigenvalue weighted by molar-refractivity contribution is -0.140. The lowest BCUT2D eigenvalue weighted by Gasteiger charge is -2.16. The third-order valence-corrected chi connectivity index (χ3v) is 3.21. The van der Waals surface area contributed by atoms with E-state index in [0.717, 1.165) is 11.3 Å². The molecule has 1 heterocycles. The van der Waals surface area contributed by atoms with Crippen LogP contribution in [-0.4, -0.2) is 38.0 Å². The number of carboxylic acids is 1. The summed E-state index contributed by atoms with van der Waals surface area (Å²) in [4.78, 5) is 23.2. The molecule has 0 aliphatic carbocycles. The standard InChI is InChI=1S/C15H18N4O3/c1-9(2)13(15(21)22)16-14(20)12-8-19(18-17-12)11-6-4-5-10(3)7-11/h4-9,13H,1-3H3,(H,16,20)(H,21,22)/t13-/m0/s1. The van der Waals surface area contributed by atoms with Gasteiger partial charge in [0.05, 0.1) is 11.9 Å². The normalized spacial score (nSPS) is 12.2. The SMILES string of the molecule is Cc1cccc(-n2cc(C(=O)N[C@H](C(=O)O)C(C)C)nn2)c1. The summed E-state index contributed by atoms with van der Waals surface area (Å²) in [6.07, 6.45) is 1.48. The van der Waals surface area contributed by atoms with Gasteiger partial charge in [0.1, 0.15) is 6.04 Å². The van der Waals surface area contributed by atoms with Gasteiger partial charge in [0.2, 0.25) is 0 Å². The Morgan fingerprint density at radius 2 is 2.05 bits per heavy atom. The quantitative estimate of drug-likeness (QED) is 0.870. The molecule has 1 amide bonds. The number of aromatic nitrogens is 3. The van der Waals surface area contributed by atoms with E-state index in [1.54, 1.807) is 13.8 Å². The minimum absolute atomic E-state index is 0.0772. The van der Waals surface area contributed by atoms with Crippen LogP contribution >= 0.6 is 0 Å². The highest BCUT2D eigenvalue weighted by Gasteiger charge is 2.25. The Morgan fingerprint density at radius 3 is 2.64 bits per heavy atom. The molecular formula is C15H18N4O3. The molecule has 7 nitrogen and oxygen atoms in total. The first-order valence-corrected chi connectivity index (χ1v) is 6.91. The fourth-order valence-corrected chi connectivity index (χ4v) is 1.99. The van der Waals surface area contributed by atoms with Crippen molar-refractivity contribution in [1.29, 1.82) is 0 Å². The van der Waals surface area contributed by atoms with Gasteiger partial charge in [0, 0.05) is 0 Å². The zero-order chi connectivity index (χ0) is 16.3. The number of rotatable bonds is 5. The molecule has 2 rings (SSSR count). The molecule has 1 aromatic heterocycles. The maximum atomic E-state index is 12.1. The molecule has 0 radical (unpaired) electrons. The van der Waals surface area contributed by atoms with E-state index in [4.69, 9.17) is 5.11 Å². The number of hydrogen-bond donors (Lipinski definition) is 2. The molecule has 22 heavy (non-hydrogen) atoms. The van der Waals surface area contributed by atoms with E-state index in [2.05, 4.69) is 15.6 Å². The summed E-state index contributed by atoms with van der Waals surface area (Å²) in [5, 5.41) is 19.3. The number of nitrogens with one attached hydrogen (secondary N) is 1. The Hall–Kier alpha value is -2.70. The summed E-state index contributed by atoms with van der Waals surface area (Å²) in [5.74, 6) is -1.86. The first-order chi connectivity index (χ1) is 10.4. The van der Waals surface area contributed by atoms with Gasteiger partial charge in [-0.25, -0.2) is 9.48 Å². The minimum atomic E-state index is -1.07. The number of aryl methyl sites for hydroxylation is 1. The zero-order valence-electron chi connectivity index (χ0n) is 12.6. The van der Waals surface area contributed by atoms with Crippen LogP contribution in [0.5, 0.6) is 0 Å². The number of nitrogens with zero attached hydrogens (tertiary/aromatic N) is 3. The topological polar surface area (TPSA) is 97.1 Å². The third kappa shape index (κ3) is 3.49. The Balaban J connectivity index is 2.17. The summed E-state index contributed by atoms with van der Waals surface area (Å²) in [5.41, 5.74) is 1.92. The largest absolute Gasteiger partial charge is 0.480 e. The van der Waals surface area contributed by atoms with Crippen LogP contribution < -0.4 is 5.32 Å². The van der Waals surface area contributed by atoms with Crippen molar-refractivity contribution >= 4 is 11.9 Å². The van der Waals surface area contributed by atoms with Gasteiger partial charge >= 0.3 is 5.97 Å². The van der Waals surface area contributed by atoms with E-state index in [9.17, 15) is 9.59 Å². The third-order valence-electron chi connectivity index (χ3n) is 3.21. The van der Waals surface area contributed by atoms with E-state index in [-0.39, 0.29) is 11.6 Å². The molecule has 0 unspecified atom stereocenters. The fourth-order valence-electron chi connectivity index (χ4n) is 1.99. The van der Waals surface area contributed by atoms with E-state index < -0.39 is 17.9 Å². The molecule has 0 saturated carbocycles. The summed E-state index contributed by atoms with van der Waals surface area (Å²) >= 11 is 0. The Bertz CT molecular complexity index is 694. The van der Waals surface area contributed by atoms with Gasteiger partial charge in [-0.1, -0.05) is 31.2 Å². The highest BCUT2D eigenvalue weighted by atomic mass is 16.4. The van der Waals surface area contributed by atoms with E-state index in [1.165, 1.54) is 10.9 Å². The van der Waals surface area contributed by atoms with Gasteiger partial charge < -0.3 is 10.4 Å². The molecule has 1 atom stereocenters. The van der Waals surface area contributed by atoms with Crippen molar-refractivity contribution in [2.24, 2.45) is 5.92 Å². The Kier molecular flexibility index (Phi) is 4.55. The monoisotopic (exact) mass is 302 g/mol. The lowest BCUT2D eigenvalue weighted by atomic mass is 10.0. The summed E-state index contributed by atoms with van der Waals surface area (Å²) in [6, 6.07) is 6.62. The average molecular weight is 302 g/mol. The molecular weight excluding hydrogens is 284 g/mol. The van der Waals surface area contributed by atoms with Gasteiger partial charge in [-0.15, -0.1) is 5.10 Å². The van der Waals surface area contributed by atoms with Gasteiger partial charge in [-0.05, 0) is 30.5 Å². The van der Waals surface area contributed by atoms with E-state index in [0.29, 0.717) is 0 Å². The molecule has 0 fully saturated rings. The first kappa shape index (κ1) is 15.7. The number of amides is 1. The van der Waals surface area contributed by atoms with Crippen molar-refractivity contribution in [2.75, 3.05) is 0 Å². The van der Waals surface area contributed by atoms with Crippen LogP contribution in [0.15, 0.2) is 30.5 Å². The molecule has 1 aromatic carbocycles. The van der Waals surface area contributed by atoms with Crippen molar-refractivity contribution < 1.29 is 14.7 Å². The van der Waals surface area contributed by atoms with Gasteiger partial charge in [-0.2, -0.15) is 0 Å². The van der Waals surface area contributed by atoms with Crippen LogP contribution in [0.3, 0.4) is 0 Å². The Labute approximate surface area is 128 Å². The van der Waals surface area contributed by atoms with Crippen LogP contribution in [-0.2, 0) is 4.79 Å². The van der Waals surface area contributed by atoms with Crippen LogP contribution in [0.4, 0.5) is 0 Å². The lowest BCUT2D eigenvalue weighted by Crippen LogP contribution is -2.44. The second-order valence-corrected chi connectivity index (χ2v) is 5.42. The molecule has 0 spiro atoms. The maximum absolute atomic E-state index is 12.1. The Morgan fingerprint density at radius 1 is 1.32 bits per heavy atom. The highest BCUT2D eigenvalue weighted by Crippen LogP contribution is 2.10. The number of benzene rings is 1. The van der Waals surface area contributed by atoms with Gasteiger partial charge in [-0.3, -0.25) is 4.79 Å². The van der Waals surface area contributed by atoms with Crippen LogP contribution in [0.1, 0.15) is 29.9 Å². The predicted octanol–water partition coefficient (Wildman–Crippen LogP) is 1.41. The molecule has 0 bridgehead atoms. The van der Waals surface area contributed by atoms with Crippen molar-refractivity contribution in [1.82, 2.24) is 20.3 Å². The smallest absolute Gasteiger partial charge is 0.326 e. The van der Waals surface area contributed by atoms with Crippen molar-refractivity contribution in [3.8, 4) is 5.69 Å². The molecule has 2 aromatic rings. The second kappa shape index (κ2) is 6.38. The molecule has 0 aliphatic rings. The van der Waals surface area contributed by atoms with Gasteiger partial charge in [0.15, 0.2) is 5.69 Å². The van der Waals surface area contributed by atoms with Gasteiger partial charge in [0.25, 0.3) is 5.91 Å². The highest BCUT2D eigenvalue weighted by molar-refractivity contribution is 5.94. The second-order valence-electron chi connectivity index (χ2n) is 5.42. The number of hydrogen-bond acceptors (Lipinski definition) is 4. The molecule has 0 saturated heterocycles. The predicted molar refractivity (Wildman–Crippen MR) is 79.8 cm³/mol. The molecule has 116 valence electrons. The van der Waals surface area contributed by atoms with Crippen LogP contribution in [0.2, 0.25) is 0 Å². The number of carbonyl (C=O) groups is 2. The molecule has 0 aliphatic heterocycles. The van der Waals surface area contributed by atoms with E-state index in [1.807, 2.05) is 31.2 Å². The van der Waals surface area contributed by atoms with Crippen molar-refractivity contribution in [2.45, 2.75) is 26.8 Å². The molecule has 2 N–H and O–H groups in total. The first-order valence-electron chi connectivity index (χ1n) is 6.91. The summed E-state index contributed by atoms with van der Waals surface area (Å²) < 4.78 is 1.48. The fraction of sp³-hybridized carbons (Fsp3) is 0.333. The van der Waals surface area contributed by atoms with Crippen LogP contribution in [0.25, 0.3) is 5.69 Å². The number of carboxylic acid groups (broad SMARTS) is 1. The maximum Gasteiger partial charge on any atom is 0.326 e. The molecule has 7 heteroatoms. The van der Waals surface area contributed by atoms with E-state index >= 15 is 0 Å². The minimum Gasteiger partial charge on any atom is -0.480 e. The summed E-state index contributed by atoms with van der Waals surface area (Å²) in [6.45, 7) is 5.40. The zero-order valence-corrected chi connectivity index (χ0v) is 12.6. The summed E-state index contributed by atoms with van der Waals surface area (Å²) in [7, 11) is 0. The average Bonchev–Trinajstić information content (AvgIpc) is 2.93. The van der Waals surface area contributed by atoms with Crippen molar-refractivity contribution in [3.05, 3.63) is 41.7 Å². The number of carbonyl (C=O) groups excluding carboxylic acids is 1. The number of aliphatic carboxylic acids is 1. The van der Waals surface area contributed by atoms with Crippen molar-refractivity contribution in [3.63, 3.8) is 0 Å².